The molecule has 2 aromatic heterocycles. The van der Waals surface area contributed by atoms with Crippen LogP contribution in [0.1, 0.15) is 43.8 Å². The molecule has 2 aromatic rings. The molecule has 24 heavy (non-hydrogen) atoms. The van der Waals surface area contributed by atoms with Gasteiger partial charge in [-0.3, -0.25) is 14.9 Å². The van der Waals surface area contributed by atoms with Crippen molar-refractivity contribution in [2.75, 3.05) is 13.1 Å². The number of carbonyl (C=O) groups is 1. The maximum absolute atomic E-state index is 12.5. The first-order chi connectivity index (χ1) is 11.8. The number of aromatic nitrogens is 4. The summed E-state index contributed by atoms with van der Waals surface area (Å²) < 4.78 is 0. The van der Waals surface area contributed by atoms with Gasteiger partial charge >= 0.3 is 0 Å². The van der Waals surface area contributed by atoms with E-state index in [1.165, 1.54) is 19.3 Å². The normalized spacial score (nSPS) is 25.0. The standard InChI is InChI=1S/C18H21N5O/c24-17(13-2-3-13)23-10-14(18(11-23)6-1-7-18)16-20-15(21-22-16)12-4-8-19-9-5-12/h4-5,8-9,13-14H,1-3,6-7,10-11H2,(H,20,21,22). The lowest BCUT2D eigenvalue weighted by Gasteiger charge is -2.41. The molecule has 1 unspecified atom stereocenters. The highest BCUT2D eigenvalue weighted by molar-refractivity contribution is 5.81. The predicted octanol–water partition coefficient (Wildman–Crippen LogP) is 2.37. The molecule has 1 N–H and O–H groups in total. The Bertz CT molecular complexity index is 763. The van der Waals surface area contributed by atoms with Gasteiger partial charge in [0, 0.05) is 42.9 Å². The molecule has 1 atom stereocenters. The number of hydrogen-bond donors (Lipinski definition) is 1. The summed E-state index contributed by atoms with van der Waals surface area (Å²) in [5.74, 6) is 2.60. The third-order valence-electron chi connectivity index (χ3n) is 6.01. The highest BCUT2D eigenvalue weighted by Gasteiger charge is 2.54. The lowest BCUT2D eigenvalue weighted by molar-refractivity contribution is -0.132. The Morgan fingerprint density at radius 3 is 2.71 bits per heavy atom. The van der Waals surface area contributed by atoms with E-state index < -0.39 is 0 Å². The van der Waals surface area contributed by atoms with Crippen LogP contribution in [0, 0.1) is 11.3 Å². The zero-order valence-corrected chi connectivity index (χ0v) is 13.6. The average Bonchev–Trinajstić information content (AvgIpc) is 3.17. The fourth-order valence-electron chi connectivity index (χ4n) is 4.30. The number of hydrogen-bond acceptors (Lipinski definition) is 4. The molecule has 6 nitrogen and oxygen atoms in total. The van der Waals surface area contributed by atoms with Gasteiger partial charge in [-0.25, -0.2) is 4.98 Å². The van der Waals surface area contributed by atoms with Gasteiger partial charge in [0.25, 0.3) is 0 Å². The minimum Gasteiger partial charge on any atom is -0.341 e. The lowest BCUT2D eigenvalue weighted by Crippen LogP contribution is -2.38. The van der Waals surface area contributed by atoms with Gasteiger partial charge in [-0.2, -0.15) is 5.10 Å². The van der Waals surface area contributed by atoms with E-state index in [-0.39, 0.29) is 11.3 Å². The Balaban J connectivity index is 1.43. The number of nitrogens with one attached hydrogen (secondary N) is 1. The molecule has 5 rings (SSSR count). The zero-order chi connectivity index (χ0) is 16.1. The van der Waals surface area contributed by atoms with Crippen LogP contribution in [0.5, 0.6) is 0 Å². The number of rotatable bonds is 3. The van der Waals surface area contributed by atoms with Gasteiger partial charge in [-0.15, -0.1) is 0 Å². The van der Waals surface area contributed by atoms with Crippen molar-refractivity contribution < 1.29 is 4.79 Å². The van der Waals surface area contributed by atoms with Gasteiger partial charge in [0.05, 0.1) is 0 Å². The van der Waals surface area contributed by atoms with Gasteiger partial charge < -0.3 is 4.90 Å². The van der Waals surface area contributed by atoms with Crippen LogP contribution in [0.3, 0.4) is 0 Å². The highest BCUT2D eigenvalue weighted by Crippen LogP contribution is 2.55. The summed E-state index contributed by atoms with van der Waals surface area (Å²) in [6.45, 7) is 1.69. The Labute approximate surface area is 140 Å². The van der Waals surface area contributed by atoms with Crippen LogP contribution in [0.25, 0.3) is 11.4 Å². The molecule has 2 aliphatic carbocycles. The smallest absolute Gasteiger partial charge is 0.225 e. The molecule has 0 radical (unpaired) electrons. The maximum atomic E-state index is 12.5. The Hall–Kier alpha value is -2.24. The molecular formula is C18H21N5O. The minimum absolute atomic E-state index is 0.222. The van der Waals surface area contributed by atoms with E-state index in [4.69, 9.17) is 4.98 Å². The van der Waals surface area contributed by atoms with Crippen molar-refractivity contribution in [3.8, 4) is 11.4 Å². The Kier molecular flexibility index (Phi) is 3.02. The molecule has 1 spiro atoms. The first kappa shape index (κ1) is 14.1. The van der Waals surface area contributed by atoms with Gasteiger partial charge in [-0.05, 0) is 43.2 Å². The second kappa shape index (κ2) is 5.13. The molecule has 3 fully saturated rings. The maximum Gasteiger partial charge on any atom is 0.225 e. The van der Waals surface area contributed by atoms with Crippen LogP contribution in [0.15, 0.2) is 24.5 Å². The third-order valence-corrected chi connectivity index (χ3v) is 6.01. The minimum atomic E-state index is 0.222. The number of H-pyrrole nitrogens is 1. The summed E-state index contributed by atoms with van der Waals surface area (Å²) in [6, 6.07) is 3.84. The Morgan fingerprint density at radius 1 is 1.25 bits per heavy atom. The van der Waals surface area contributed by atoms with E-state index >= 15 is 0 Å². The van der Waals surface area contributed by atoms with Crippen molar-refractivity contribution in [1.82, 2.24) is 25.1 Å². The topological polar surface area (TPSA) is 74.8 Å². The van der Waals surface area contributed by atoms with E-state index in [1.807, 2.05) is 12.1 Å². The second-order valence-corrected chi connectivity index (χ2v) is 7.54. The Morgan fingerprint density at radius 2 is 2.04 bits per heavy atom. The van der Waals surface area contributed by atoms with E-state index in [1.54, 1.807) is 12.4 Å². The van der Waals surface area contributed by atoms with Crippen molar-refractivity contribution in [3.05, 3.63) is 30.4 Å². The number of carbonyl (C=O) groups excluding carboxylic acids is 1. The molecule has 3 aliphatic rings. The van der Waals surface area contributed by atoms with Crippen LogP contribution < -0.4 is 0 Å². The summed E-state index contributed by atoms with van der Waals surface area (Å²) in [5.41, 5.74) is 1.19. The zero-order valence-electron chi connectivity index (χ0n) is 13.6. The van der Waals surface area contributed by atoms with Gasteiger partial charge in [0.1, 0.15) is 5.82 Å². The van der Waals surface area contributed by atoms with Crippen molar-refractivity contribution in [3.63, 3.8) is 0 Å². The van der Waals surface area contributed by atoms with E-state index in [0.717, 1.165) is 37.3 Å². The average molecular weight is 323 g/mol. The van der Waals surface area contributed by atoms with E-state index in [9.17, 15) is 4.79 Å². The molecule has 0 bridgehead atoms. The summed E-state index contributed by atoms with van der Waals surface area (Å²) in [4.78, 5) is 23.4. The number of nitrogens with zero attached hydrogens (tertiary/aromatic N) is 4. The molecule has 1 amide bonds. The van der Waals surface area contributed by atoms with Gasteiger partial charge in [-0.1, -0.05) is 6.42 Å². The van der Waals surface area contributed by atoms with Crippen LogP contribution >= 0.6 is 0 Å². The number of aromatic amines is 1. The number of amides is 1. The van der Waals surface area contributed by atoms with Crippen LogP contribution in [-0.4, -0.2) is 44.1 Å². The molecular weight excluding hydrogens is 302 g/mol. The van der Waals surface area contributed by atoms with Crippen LogP contribution in [0.2, 0.25) is 0 Å². The summed E-state index contributed by atoms with van der Waals surface area (Å²) in [7, 11) is 0. The fourth-order valence-corrected chi connectivity index (χ4v) is 4.30. The van der Waals surface area contributed by atoms with Gasteiger partial charge in [0.2, 0.25) is 5.91 Å². The predicted molar refractivity (Wildman–Crippen MR) is 87.9 cm³/mol. The number of likely N-dealkylation sites (tertiary alicyclic amines) is 1. The van der Waals surface area contributed by atoms with Crippen molar-refractivity contribution in [2.45, 2.75) is 38.0 Å². The summed E-state index contributed by atoms with van der Waals surface area (Å²) >= 11 is 0. The van der Waals surface area contributed by atoms with E-state index in [0.29, 0.717) is 17.6 Å². The number of pyridine rings is 1. The summed E-state index contributed by atoms with van der Waals surface area (Å²) in [5, 5.41) is 7.56. The molecule has 1 saturated heterocycles. The molecule has 124 valence electrons. The molecule has 1 aliphatic heterocycles. The van der Waals surface area contributed by atoms with Gasteiger partial charge in [0.15, 0.2) is 5.82 Å². The van der Waals surface area contributed by atoms with E-state index in [2.05, 4.69) is 20.1 Å². The first-order valence-corrected chi connectivity index (χ1v) is 8.87. The monoisotopic (exact) mass is 323 g/mol. The molecule has 3 heterocycles. The third kappa shape index (κ3) is 2.16. The SMILES string of the molecule is O=C(C1CC1)N1CC(c2nc(-c3ccncc3)n[nH]2)C2(CCC2)C1. The molecule has 6 heteroatoms. The van der Waals surface area contributed by atoms with Crippen LogP contribution in [-0.2, 0) is 4.79 Å². The largest absolute Gasteiger partial charge is 0.341 e. The molecule has 2 saturated carbocycles. The second-order valence-electron chi connectivity index (χ2n) is 7.54. The van der Waals surface area contributed by atoms with Crippen molar-refractivity contribution >= 4 is 5.91 Å². The summed E-state index contributed by atoms with van der Waals surface area (Å²) in [6.07, 6.45) is 9.29. The van der Waals surface area contributed by atoms with Crippen molar-refractivity contribution in [1.29, 1.82) is 0 Å². The quantitative estimate of drug-likeness (QED) is 0.941. The van der Waals surface area contributed by atoms with Crippen LogP contribution in [0.4, 0.5) is 0 Å². The highest BCUT2D eigenvalue weighted by atomic mass is 16.2. The molecule has 0 aromatic carbocycles. The first-order valence-electron chi connectivity index (χ1n) is 8.87. The fraction of sp³-hybridized carbons (Fsp3) is 0.556. The van der Waals surface area contributed by atoms with Crippen molar-refractivity contribution in [2.24, 2.45) is 11.3 Å². The lowest BCUT2D eigenvalue weighted by atomic mass is 9.62.